The smallest absolute Gasteiger partial charge is 0.224 e. The van der Waals surface area contributed by atoms with Crippen LogP contribution >= 0.6 is 0 Å². The third kappa shape index (κ3) is 1.64. The molecule has 2 heterocycles. The Balaban J connectivity index is 2.14. The van der Waals surface area contributed by atoms with Crippen molar-refractivity contribution < 1.29 is 4.79 Å². The van der Waals surface area contributed by atoms with Gasteiger partial charge in [0.05, 0.1) is 11.4 Å². The van der Waals surface area contributed by atoms with Crippen molar-refractivity contribution in [2.24, 2.45) is 0 Å². The molecule has 1 aliphatic heterocycles. The molecule has 0 spiro atoms. The molecule has 2 aromatic rings. The van der Waals surface area contributed by atoms with Gasteiger partial charge in [-0.15, -0.1) is 0 Å². The highest BCUT2D eigenvalue weighted by atomic mass is 16.1. The molecule has 1 aliphatic rings. The number of carbonyl (C=O) groups excluding carboxylic acids is 1. The number of amides is 1. The zero-order valence-electron chi connectivity index (χ0n) is 10.1. The summed E-state index contributed by atoms with van der Waals surface area (Å²) in [6, 6.07) is 3.85. The first kappa shape index (κ1) is 10.8. The predicted octanol–water partition coefficient (Wildman–Crippen LogP) is 1.65. The van der Waals surface area contributed by atoms with Crippen LogP contribution in [0.3, 0.4) is 0 Å². The summed E-state index contributed by atoms with van der Waals surface area (Å²) in [5.41, 5.74) is 9.57. The van der Waals surface area contributed by atoms with E-state index in [0.29, 0.717) is 12.1 Å². The van der Waals surface area contributed by atoms with Crippen LogP contribution in [0, 0.1) is 6.92 Å². The van der Waals surface area contributed by atoms with Crippen molar-refractivity contribution in [3.63, 3.8) is 0 Å². The Bertz CT molecular complexity index is 630. The molecule has 0 aliphatic carbocycles. The van der Waals surface area contributed by atoms with Gasteiger partial charge in [0.15, 0.2) is 0 Å². The summed E-state index contributed by atoms with van der Waals surface area (Å²) in [6.07, 6.45) is 4.86. The van der Waals surface area contributed by atoms with Crippen LogP contribution in [0.2, 0.25) is 0 Å². The largest absolute Gasteiger partial charge is 0.397 e. The zero-order valence-corrected chi connectivity index (χ0v) is 10.1. The van der Waals surface area contributed by atoms with Gasteiger partial charge in [-0.2, -0.15) is 0 Å². The number of aryl methyl sites for hydroxylation is 2. The minimum atomic E-state index is 0.0561. The van der Waals surface area contributed by atoms with Crippen molar-refractivity contribution in [3.05, 3.63) is 35.9 Å². The number of imidazole rings is 1. The number of anilines is 2. The second-order valence-electron chi connectivity index (χ2n) is 4.46. The predicted molar refractivity (Wildman–Crippen MR) is 69.7 cm³/mol. The van der Waals surface area contributed by atoms with E-state index in [2.05, 4.69) is 10.3 Å². The SMILES string of the molecule is Cc1nccn1-c1cc2c(cc1N)CCC(=O)N2. The molecule has 0 radical (unpaired) electrons. The molecule has 5 nitrogen and oxygen atoms in total. The van der Waals surface area contributed by atoms with E-state index in [1.807, 2.05) is 29.8 Å². The van der Waals surface area contributed by atoms with Gasteiger partial charge in [0.2, 0.25) is 5.91 Å². The number of aromatic nitrogens is 2. The molecule has 0 saturated heterocycles. The van der Waals surface area contributed by atoms with E-state index in [1.54, 1.807) is 6.20 Å². The highest BCUT2D eigenvalue weighted by Crippen LogP contribution is 2.30. The quantitative estimate of drug-likeness (QED) is 0.747. The maximum Gasteiger partial charge on any atom is 0.224 e. The first-order valence-corrected chi connectivity index (χ1v) is 5.88. The third-order valence-corrected chi connectivity index (χ3v) is 3.23. The van der Waals surface area contributed by atoms with E-state index in [0.717, 1.165) is 29.2 Å². The molecule has 0 unspecified atom stereocenters. The van der Waals surface area contributed by atoms with Crippen LogP contribution in [-0.4, -0.2) is 15.5 Å². The molecular weight excluding hydrogens is 228 g/mol. The number of carbonyl (C=O) groups is 1. The molecule has 3 rings (SSSR count). The number of hydrogen-bond donors (Lipinski definition) is 2. The summed E-state index contributed by atoms with van der Waals surface area (Å²) < 4.78 is 1.91. The number of nitrogen functional groups attached to an aromatic ring is 1. The first-order valence-electron chi connectivity index (χ1n) is 5.88. The monoisotopic (exact) mass is 242 g/mol. The normalized spacial score (nSPS) is 14.2. The van der Waals surface area contributed by atoms with Crippen LogP contribution in [0.1, 0.15) is 17.8 Å². The van der Waals surface area contributed by atoms with Gasteiger partial charge in [-0.3, -0.25) is 4.79 Å². The van der Waals surface area contributed by atoms with Gasteiger partial charge in [0.1, 0.15) is 5.82 Å². The van der Waals surface area contributed by atoms with E-state index in [9.17, 15) is 4.79 Å². The molecule has 1 amide bonds. The molecule has 0 fully saturated rings. The van der Waals surface area contributed by atoms with Crippen molar-refractivity contribution >= 4 is 17.3 Å². The molecule has 92 valence electrons. The Morgan fingerprint density at radius 2 is 2.22 bits per heavy atom. The minimum Gasteiger partial charge on any atom is -0.397 e. The molecule has 1 aromatic heterocycles. The Hall–Kier alpha value is -2.30. The fraction of sp³-hybridized carbons (Fsp3) is 0.231. The summed E-state index contributed by atoms with van der Waals surface area (Å²) in [4.78, 5) is 15.6. The van der Waals surface area contributed by atoms with Crippen molar-refractivity contribution in [2.75, 3.05) is 11.1 Å². The standard InChI is InChI=1S/C13H14N4O/c1-8-15-4-5-17(8)12-7-11-9(6-10(12)14)2-3-13(18)16-11/h4-7H,2-3,14H2,1H3,(H,16,18). The third-order valence-electron chi connectivity index (χ3n) is 3.23. The van der Waals surface area contributed by atoms with Gasteiger partial charge in [-0.1, -0.05) is 0 Å². The fourth-order valence-electron chi connectivity index (χ4n) is 2.28. The van der Waals surface area contributed by atoms with E-state index < -0.39 is 0 Å². The van der Waals surface area contributed by atoms with Crippen molar-refractivity contribution in [2.45, 2.75) is 19.8 Å². The summed E-state index contributed by atoms with van der Waals surface area (Å²) in [6.45, 7) is 1.91. The Morgan fingerprint density at radius 1 is 1.39 bits per heavy atom. The number of hydrogen-bond acceptors (Lipinski definition) is 3. The van der Waals surface area contributed by atoms with E-state index in [-0.39, 0.29) is 5.91 Å². The number of nitrogens with zero attached hydrogens (tertiary/aromatic N) is 2. The molecule has 0 bridgehead atoms. The molecule has 1 aromatic carbocycles. The van der Waals surface area contributed by atoms with Gasteiger partial charge in [0.25, 0.3) is 0 Å². The lowest BCUT2D eigenvalue weighted by Crippen LogP contribution is -2.19. The van der Waals surface area contributed by atoms with Crippen LogP contribution in [0.25, 0.3) is 5.69 Å². The van der Waals surface area contributed by atoms with Gasteiger partial charge in [0, 0.05) is 24.5 Å². The Labute approximate surface area is 105 Å². The lowest BCUT2D eigenvalue weighted by atomic mass is 10.0. The maximum absolute atomic E-state index is 11.4. The highest BCUT2D eigenvalue weighted by Gasteiger charge is 2.17. The fourth-order valence-corrected chi connectivity index (χ4v) is 2.28. The highest BCUT2D eigenvalue weighted by molar-refractivity contribution is 5.95. The molecular formula is C13H14N4O. The second-order valence-corrected chi connectivity index (χ2v) is 4.46. The van der Waals surface area contributed by atoms with Crippen LogP contribution in [0.15, 0.2) is 24.5 Å². The van der Waals surface area contributed by atoms with Crippen molar-refractivity contribution in [1.29, 1.82) is 0 Å². The Kier molecular flexibility index (Phi) is 2.33. The van der Waals surface area contributed by atoms with Gasteiger partial charge < -0.3 is 15.6 Å². The van der Waals surface area contributed by atoms with Crippen LogP contribution in [-0.2, 0) is 11.2 Å². The zero-order chi connectivity index (χ0) is 12.7. The Morgan fingerprint density at radius 3 is 2.94 bits per heavy atom. The van der Waals surface area contributed by atoms with Crippen molar-refractivity contribution in [3.8, 4) is 5.69 Å². The number of fused-ring (bicyclic) bond motifs is 1. The maximum atomic E-state index is 11.4. The van der Waals surface area contributed by atoms with Gasteiger partial charge in [-0.05, 0) is 31.0 Å². The lowest BCUT2D eigenvalue weighted by molar-refractivity contribution is -0.116. The number of rotatable bonds is 1. The molecule has 5 heteroatoms. The molecule has 3 N–H and O–H groups in total. The van der Waals surface area contributed by atoms with Crippen LogP contribution in [0.5, 0.6) is 0 Å². The number of nitrogens with one attached hydrogen (secondary N) is 1. The molecule has 0 saturated carbocycles. The summed E-state index contributed by atoms with van der Waals surface area (Å²) >= 11 is 0. The second kappa shape index (κ2) is 3.87. The van der Waals surface area contributed by atoms with E-state index in [1.165, 1.54) is 0 Å². The summed E-state index contributed by atoms with van der Waals surface area (Å²) in [5.74, 6) is 0.921. The number of nitrogens with two attached hydrogens (primary N) is 1. The average molecular weight is 242 g/mol. The summed E-state index contributed by atoms with van der Waals surface area (Å²) in [5, 5.41) is 2.88. The molecule has 0 atom stereocenters. The van der Waals surface area contributed by atoms with E-state index in [4.69, 9.17) is 5.73 Å². The summed E-state index contributed by atoms with van der Waals surface area (Å²) in [7, 11) is 0. The molecule has 18 heavy (non-hydrogen) atoms. The van der Waals surface area contributed by atoms with Gasteiger partial charge >= 0.3 is 0 Å². The first-order chi connectivity index (χ1) is 8.65. The van der Waals surface area contributed by atoms with Crippen LogP contribution in [0.4, 0.5) is 11.4 Å². The van der Waals surface area contributed by atoms with E-state index >= 15 is 0 Å². The number of benzene rings is 1. The van der Waals surface area contributed by atoms with Crippen LogP contribution < -0.4 is 11.1 Å². The minimum absolute atomic E-state index is 0.0561. The average Bonchev–Trinajstić information content (AvgIpc) is 2.75. The topological polar surface area (TPSA) is 72.9 Å². The lowest BCUT2D eigenvalue weighted by Gasteiger charge is -2.19. The van der Waals surface area contributed by atoms with Gasteiger partial charge in [-0.25, -0.2) is 4.98 Å². The van der Waals surface area contributed by atoms with Crippen molar-refractivity contribution in [1.82, 2.24) is 9.55 Å².